The van der Waals surface area contributed by atoms with Gasteiger partial charge in [0.25, 0.3) is 0 Å². The molecule has 0 fully saturated rings. The number of hydrogen-bond acceptors (Lipinski definition) is 2. The van der Waals surface area contributed by atoms with Gasteiger partial charge >= 0.3 is 5.97 Å². The van der Waals surface area contributed by atoms with Crippen molar-refractivity contribution in [1.82, 2.24) is 0 Å². The fraction of sp³-hybridized carbons (Fsp3) is 0.727. The Morgan fingerprint density at radius 2 is 1.92 bits per heavy atom. The van der Waals surface area contributed by atoms with Crippen LogP contribution in [-0.2, 0) is 9.53 Å². The highest BCUT2D eigenvalue weighted by atomic mass is 16.5. The van der Waals surface area contributed by atoms with E-state index in [9.17, 15) is 4.79 Å². The molecule has 1 aliphatic carbocycles. The summed E-state index contributed by atoms with van der Waals surface area (Å²) in [6.45, 7) is 5.79. The van der Waals surface area contributed by atoms with E-state index >= 15 is 0 Å². The van der Waals surface area contributed by atoms with E-state index in [4.69, 9.17) is 4.74 Å². The first-order chi connectivity index (χ1) is 6.11. The van der Waals surface area contributed by atoms with Gasteiger partial charge in [-0.15, -0.1) is 0 Å². The molecule has 2 nitrogen and oxygen atoms in total. The van der Waals surface area contributed by atoms with Gasteiger partial charge in [0.15, 0.2) is 0 Å². The summed E-state index contributed by atoms with van der Waals surface area (Å²) in [5.74, 6) is 1.26. The summed E-state index contributed by atoms with van der Waals surface area (Å²) in [7, 11) is 0. The lowest BCUT2D eigenvalue weighted by Gasteiger charge is -2.21. The predicted octanol–water partition coefficient (Wildman–Crippen LogP) is 3.03. The summed E-state index contributed by atoms with van der Waals surface area (Å²) in [6.07, 6.45) is 4.42. The zero-order chi connectivity index (χ0) is 9.84. The molecule has 2 heteroatoms. The molecule has 0 aromatic carbocycles. The molecule has 0 aromatic rings. The number of carbonyl (C=O) groups excluding carboxylic acids is 1. The monoisotopic (exact) mass is 182 g/mol. The molecule has 0 aliphatic heterocycles. The molecule has 13 heavy (non-hydrogen) atoms. The van der Waals surface area contributed by atoms with Gasteiger partial charge in [-0.25, -0.2) is 0 Å². The van der Waals surface area contributed by atoms with E-state index in [-0.39, 0.29) is 5.97 Å². The number of hydrogen-bond donors (Lipinski definition) is 0. The molecule has 0 amide bonds. The van der Waals surface area contributed by atoms with Crippen molar-refractivity contribution in [2.45, 2.75) is 46.5 Å². The highest BCUT2D eigenvalue weighted by Gasteiger charge is 2.17. The van der Waals surface area contributed by atoms with Gasteiger partial charge in [-0.1, -0.05) is 13.8 Å². The third kappa shape index (κ3) is 2.87. The van der Waals surface area contributed by atoms with E-state index in [0.717, 1.165) is 25.0 Å². The lowest BCUT2D eigenvalue weighted by Crippen LogP contribution is -2.10. The Kier molecular flexibility index (Phi) is 3.52. The largest absolute Gasteiger partial charge is 0.431 e. The van der Waals surface area contributed by atoms with Crippen molar-refractivity contribution < 1.29 is 9.53 Å². The molecule has 1 aliphatic rings. The zero-order valence-corrected chi connectivity index (χ0v) is 8.72. The Bertz CT molecular complexity index is 226. The van der Waals surface area contributed by atoms with Crippen LogP contribution in [0.25, 0.3) is 0 Å². The second-order valence-electron chi connectivity index (χ2n) is 3.90. The lowest BCUT2D eigenvalue weighted by molar-refractivity contribution is -0.137. The number of ether oxygens (including phenoxy) is 1. The molecule has 74 valence electrons. The van der Waals surface area contributed by atoms with Crippen LogP contribution in [0, 0.1) is 5.92 Å². The number of esters is 1. The van der Waals surface area contributed by atoms with E-state index in [1.807, 2.05) is 0 Å². The first-order valence-electron chi connectivity index (χ1n) is 5.01. The Hall–Kier alpha value is -0.790. The molecule has 0 aromatic heterocycles. The van der Waals surface area contributed by atoms with Gasteiger partial charge in [-0.05, 0) is 30.8 Å². The van der Waals surface area contributed by atoms with E-state index in [1.165, 1.54) is 18.9 Å². The van der Waals surface area contributed by atoms with Crippen molar-refractivity contribution in [3.63, 3.8) is 0 Å². The summed E-state index contributed by atoms with van der Waals surface area (Å²) in [4.78, 5) is 10.8. The minimum Gasteiger partial charge on any atom is -0.431 e. The van der Waals surface area contributed by atoms with Crippen LogP contribution in [0.4, 0.5) is 0 Å². The number of rotatable bonds is 2. The molecule has 0 spiro atoms. The van der Waals surface area contributed by atoms with Gasteiger partial charge < -0.3 is 4.74 Å². The summed E-state index contributed by atoms with van der Waals surface area (Å²) in [6, 6.07) is 0. The fourth-order valence-corrected chi connectivity index (χ4v) is 1.80. The maximum absolute atomic E-state index is 10.8. The smallest absolute Gasteiger partial charge is 0.307 e. The minimum absolute atomic E-state index is 0.185. The van der Waals surface area contributed by atoms with Crippen molar-refractivity contribution in [2.75, 3.05) is 0 Å². The van der Waals surface area contributed by atoms with Crippen LogP contribution in [0.2, 0.25) is 0 Å². The fourth-order valence-electron chi connectivity index (χ4n) is 1.80. The van der Waals surface area contributed by atoms with Gasteiger partial charge in [0, 0.05) is 13.3 Å². The first kappa shape index (κ1) is 10.3. The van der Waals surface area contributed by atoms with Crippen molar-refractivity contribution in [3.05, 3.63) is 11.3 Å². The van der Waals surface area contributed by atoms with Gasteiger partial charge in [0.05, 0.1) is 0 Å². The highest BCUT2D eigenvalue weighted by molar-refractivity contribution is 5.67. The molecular formula is C11H18O2. The molecule has 0 radical (unpaired) electrons. The van der Waals surface area contributed by atoms with Gasteiger partial charge in [-0.3, -0.25) is 4.79 Å². The predicted molar refractivity (Wildman–Crippen MR) is 52.1 cm³/mol. The van der Waals surface area contributed by atoms with Gasteiger partial charge in [0.1, 0.15) is 5.76 Å². The third-order valence-corrected chi connectivity index (χ3v) is 2.42. The van der Waals surface area contributed by atoms with Crippen molar-refractivity contribution in [1.29, 1.82) is 0 Å². The topological polar surface area (TPSA) is 26.3 Å². The second-order valence-corrected chi connectivity index (χ2v) is 3.90. The molecule has 0 bridgehead atoms. The van der Waals surface area contributed by atoms with Crippen LogP contribution >= 0.6 is 0 Å². The van der Waals surface area contributed by atoms with Crippen LogP contribution in [0.3, 0.4) is 0 Å². The summed E-state index contributed by atoms with van der Waals surface area (Å²) in [5, 5.41) is 0. The normalized spacial score (nSPS) is 17.8. The highest BCUT2D eigenvalue weighted by Crippen LogP contribution is 2.30. The quantitative estimate of drug-likeness (QED) is 0.613. The van der Waals surface area contributed by atoms with Crippen LogP contribution in [0.15, 0.2) is 11.3 Å². The number of carbonyl (C=O) groups is 1. The second kappa shape index (κ2) is 4.45. The first-order valence-corrected chi connectivity index (χ1v) is 5.01. The van der Waals surface area contributed by atoms with Crippen LogP contribution in [0.1, 0.15) is 46.5 Å². The average molecular weight is 182 g/mol. The Balaban J connectivity index is 2.77. The Labute approximate surface area is 80.0 Å². The minimum atomic E-state index is -0.185. The Morgan fingerprint density at radius 3 is 2.46 bits per heavy atom. The molecule has 0 saturated heterocycles. The number of allylic oxidation sites excluding steroid dienone is 2. The summed E-state index contributed by atoms with van der Waals surface area (Å²) < 4.78 is 5.21. The maximum atomic E-state index is 10.8. The van der Waals surface area contributed by atoms with Crippen LogP contribution < -0.4 is 0 Å². The summed E-state index contributed by atoms with van der Waals surface area (Å²) >= 11 is 0. The van der Waals surface area contributed by atoms with Crippen molar-refractivity contribution in [3.8, 4) is 0 Å². The van der Waals surface area contributed by atoms with Gasteiger partial charge in [0.2, 0.25) is 0 Å². The van der Waals surface area contributed by atoms with Crippen LogP contribution in [0.5, 0.6) is 0 Å². The molecule has 0 saturated carbocycles. The van der Waals surface area contributed by atoms with Crippen LogP contribution in [-0.4, -0.2) is 5.97 Å². The molecule has 1 rings (SSSR count). The average Bonchev–Trinajstić information content (AvgIpc) is 2.03. The summed E-state index contributed by atoms with van der Waals surface area (Å²) in [5.41, 5.74) is 1.33. The maximum Gasteiger partial charge on any atom is 0.307 e. The van der Waals surface area contributed by atoms with E-state index in [2.05, 4.69) is 13.8 Å². The molecule has 0 N–H and O–H groups in total. The zero-order valence-electron chi connectivity index (χ0n) is 8.72. The van der Waals surface area contributed by atoms with Crippen molar-refractivity contribution >= 4 is 5.97 Å². The molecule has 0 heterocycles. The molecule has 0 unspecified atom stereocenters. The SMILES string of the molecule is CC(=O)OC1=C(C(C)C)CCCC1. The molecular weight excluding hydrogens is 164 g/mol. The Morgan fingerprint density at radius 1 is 1.31 bits per heavy atom. The molecule has 0 atom stereocenters. The standard InChI is InChI=1S/C11H18O2/c1-8(2)10-6-4-5-7-11(10)13-9(3)12/h8H,4-7H2,1-3H3. The van der Waals surface area contributed by atoms with Crippen molar-refractivity contribution in [2.24, 2.45) is 5.92 Å². The lowest BCUT2D eigenvalue weighted by atomic mass is 9.90. The van der Waals surface area contributed by atoms with E-state index < -0.39 is 0 Å². The van der Waals surface area contributed by atoms with E-state index in [0.29, 0.717) is 5.92 Å². The van der Waals surface area contributed by atoms with E-state index in [1.54, 1.807) is 0 Å². The third-order valence-electron chi connectivity index (χ3n) is 2.42. The van der Waals surface area contributed by atoms with Gasteiger partial charge in [-0.2, -0.15) is 0 Å².